The minimum atomic E-state index is -2.38. The van der Waals surface area contributed by atoms with E-state index in [1.165, 1.54) is 0 Å². The summed E-state index contributed by atoms with van der Waals surface area (Å²) in [6, 6.07) is -1.62. The minimum Gasteiger partial charge on any atom is -0.379 e. The molecule has 1 aliphatic rings. The van der Waals surface area contributed by atoms with Crippen LogP contribution in [0.1, 0.15) is 6.42 Å². The third kappa shape index (κ3) is 6.15. The lowest BCUT2D eigenvalue weighted by atomic mass is 10.3. The molecule has 78 valence electrons. The maximum atomic E-state index is 5.78. The largest absolute Gasteiger partial charge is 0.379 e. The molecular weight excluding hydrogens is 249 g/mol. The highest BCUT2D eigenvalue weighted by Gasteiger charge is 2.24. The van der Waals surface area contributed by atoms with Gasteiger partial charge in [-0.25, -0.2) is 0 Å². The average Bonchev–Trinajstić information content (AvgIpc) is 2.04. The zero-order valence-electron chi connectivity index (χ0n) is 7.44. The highest BCUT2D eigenvalue weighted by atomic mass is 35.8. The summed E-state index contributed by atoms with van der Waals surface area (Å²) >= 11 is 17.3. The van der Waals surface area contributed by atoms with Crippen LogP contribution in [0.25, 0.3) is 0 Å². The third-order valence-corrected chi connectivity index (χ3v) is 4.66. The summed E-state index contributed by atoms with van der Waals surface area (Å²) in [5.41, 5.74) is 0. The lowest BCUT2D eigenvalue weighted by Crippen LogP contribution is -2.37. The predicted octanol–water partition coefficient (Wildman–Crippen LogP) is 2.36. The second kappa shape index (κ2) is 5.78. The van der Waals surface area contributed by atoms with Crippen LogP contribution in [0, 0.1) is 0 Å². The first-order valence-corrected chi connectivity index (χ1v) is 9.69. The first kappa shape index (κ1) is 12.1. The van der Waals surface area contributed by atoms with E-state index in [1.54, 1.807) is 0 Å². The van der Waals surface area contributed by atoms with Gasteiger partial charge in [-0.2, -0.15) is 0 Å². The summed E-state index contributed by atoms with van der Waals surface area (Å²) in [5, 5.41) is 0. The van der Waals surface area contributed by atoms with Crippen molar-refractivity contribution in [2.45, 2.75) is 12.5 Å². The van der Waals surface area contributed by atoms with Crippen molar-refractivity contribution in [1.82, 2.24) is 4.90 Å². The number of ether oxygens (including phenoxy) is 1. The monoisotopic (exact) mass is 261 g/mol. The van der Waals surface area contributed by atoms with E-state index in [9.17, 15) is 0 Å². The van der Waals surface area contributed by atoms with Crippen LogP contribution in [0.2, 0.25) is 6.04 Å². The van der Waals surface area contributed by atoms with E-state index in [1.807, 2.05) is 0 Å². The van der Waals surface area contributed by atoms with E-state index in [2.05, 4.69) is 4.90 Å². The standard InChI is InChI=1S/C7H14Cl3NOSi/c8-13(9,10)7-1-2-11-3-5-12-6-4-11/h1-7H2. The van der Waals surface area contributed by atoms with Crippen LogP contribution < -0.4 is 0 Å². The molecule has 1 saturated heterocycles. The van der Waals surface area contributed by atoms with E-state index < -0.39 is 6.00 Å². The number of halogens is 3. The number of morpholine rings is 1. The molecule has 0 unspecified atom stereocenters. The van der Waals surface area contributed by atoms with Gasteiger partial charge in [0.2, 0.25) is 0 Å². The normalized spacial score (nSPS) is 20.5. The summed E-state index contributed by atoms with van der Waals surface area (Å²) in [6.07, 6.45) is 0.989. The lowest BCUT2D eigenvalue weighted by molar-refractivity contribution is 0.0380. The maximum Gasteiger partial charge on any atom is 0.341 e. The van der Waals surface area contributed by atoms with Gasteiger partial charge in [0.05, 0.1) is 13.2 Å². The summed E-state index contributed by atoms with van der Waals surface area (Å²) < 4.78 is 5.24. The van der Waals surface area contributed by atoms with Gasteiger partial charge in [0.25, 0.3) is 0 Å². The van der Waals surface area contributed by atoms with E-state index in [4.69, 9.17) is 38.0 Å². The van der Waals surface area contributed by atoms with Crippen LogP contribution in [-0.2, 0) is 4.74 Å². The van der Waals surface area contributed by atoms with Crippen LogP contribution in [-0.4, -0.2) is 43.8 Å². The van der Waals surface area contributed by atoms with Crippen molar-refractivity contribution < 1.29 is 4.74 Å². The molecule has 13 heavy (non-hydrogen) atoms. The van der Waals surface area contributed by atoms with Gasteiger partial charge >= 0.3 is 6.00 Å². The van der Waals surface area contributed by atoms with E-state index in [0.717, 1.165) is 45.3 Å². The third-order valence-electron chi connectivity index (χ3n) is 2.04. The molecule has 0 atom stereocenters. The summed E-state index contributed by atoms with van der Waals surface area (Å²) in [5.74, 6) is 0. The van der Waals surface area contributed by atoms with E-state index in [0.29, 0.717) is 0 Å². The molecule has 0 aromatic heterocycles. The van der Waals surface area contributed by atoms with E-state index >= 15 is 0 Å². The minimum absolute atomic E-state index is 0.759. The zero-order chi connectivity index (χ0) is 9.73. The Balaban J connectivity index is 2.04. The highest BCUT2D eigenvalue weighted by Crippen LogP contribution is 2.26. The van der Waals surface area contributed by atoms with Gasteiger partial charge in [-0.1, -0.05) is 0 Å². The first-order valence-electron chi connectivity index (χ1n) is 4.45. The van der Waals surface area contributed by atoms with Gasteiger partial charge in [-0.3, -0.25) is 4.90 Å². The number of hydrogen-bond acceptors (Lipinski definition) is 2. The van der Waals surface area contributed by atoms with Gasteiger partial charge in [0.15, 0.2) is 0 Å². The number of hydrogen-bond donors (Lipinski definition) is 0. The van der Waals surface area contributed by atoms with Crippen LogP contribution in [0.4, 0.5) is 0 Å². The SMILES string of the molecule is Cl[Si](Cl)(Cl)CCCN1CCOCC1. The van der Waals surface area contributed by atoms with Gasteiger partial charge in [0.1, 0.15) is 0 Å². The van der Waals surface area contributed by atoms with Gasteiger partial charge in [0, 0.05) is 13.1 Å². The highest BCUT2D eigenvalue weighted by molar-refractivity contribution is 7.64. The molecule has 0 N–H and O–H groups in total. The smallest absolute Gasteiger partial charge is 0.341 e. The fourth-order valence-electron chi connectivity index (χ4n) is 1.33. The summed E-state index contributed by atoms with van der Waals surface area (Å²) in [7, 11) is 0. The molecule has 0 amide bonds. The van der Waals surface area contributed by atoms with Gasteiger partial charge < -0.3 is 4.74 Å². The molecule has 0 aromatic carbocycles. The molecule has 0 spiro atoms. The van der Waals surface area contributed by atoms with Gasteiger partial charge in [-0.15, -0.1) is 33.2 Å². The first-order chi connectivity index (χ1) is 6.08. The molecular formula is C7H14Cl3NOSi. The zero-order valence-corrected chi connectivity index (χ0v) is 10.7. The molecule has 2 nitrogen and oxygen atoms in total. The van der Waals surface area contributed by atoms with Crippen LogP contribution >= 0.6 is 33.2 Å². The molecule has 6 heteroatoms. The van der Waals surface area contributed by atoms with Crippen molar-refractivity contribution in [3.63, 3.8) is 0 Å². The van der Waals surface area contributed by atoms with Crippen LogP contribution in [0.5, 0.6) is 0 Å². The molecule has 0 aliphatic carbocycles. The molecule has 0 saturated carbocycles. The summed E-state index contributed by atoms with van der Waals surface area (Å²) in [6.45, 7) is 4.74. The van der Waals surface area contributed by atoms with Crippen molar-refractivity contribution in [3.05, 3.63) is 0 Å². The second-order valence-electron chi connectivity index (χ2n) is 3.17. The summed E-state index contributed by atoms with van der Waals surface area (Å²) in [4.78, 5) is 2.36. The Labute approximate surface area is 94.2 Å². The van der Waals surface area contributed by atoms with Gasteiger partial charge in [-0.05, 0) is 19.0 Å². The quantitative estimate of drug-likeness (QED) is 0.570. The topological polar surface area (TPSA) is 12.5 Å². The van der Waals surface area contributed by atoms with Crippen molar-refractivity contribution in [2.24, 2.45) is 0 Å². The predicted molar refractivity (Wildman–Crippen MR) is 60.0 cm³/mol. The Morgan fingerprint density at radius 2 is 1.77 bits per heavy atom. The number of nitrogens with zero attached hydrogens (tertiary/aromatic N) is 1. The maximum absolute atomic E-state index is 5.78. The fraction of sp³-hybridized carbons (Fsp3) is 1.00. The Hall–Kier alpha value is 1.01. The Kier molecular flexibility index (Phi) is 5.37. The molecule has 0 aromatic rings. The Morgan fingerprint density at radius 1 is 1.15 bits per heavy atom. The second-order valence-corrected chi connectivity index (χ2v) is 12.5. The number of rotatable bonds is 4. The van der Waals surface area contributed by atoms with Crippen LogP contribution in [0.3, 0.4) is 0 Å². The Morgan fingerprint density at radius 3 is 2.31 bits per heavy atom. The Bertz CT molecular complexity index is 147. The van der Waals surface area contributed by atoms with Crippen molar-refractivity contribution in [3.8, 4) is 0 Å². The van der Waals surface area contributed by atoms with E-state index in [-0.39, 0.29) is 0 Å². The fourth-order valence-corrected chi connectivity index (χ4v) is 3.09. The molecule has 0 radical (unpaired) electrons. The molecule has 1 fully saturated rings. The van der Waals surface area contributed by atoms with Crippen molar-refractivity contribution in [2.75, 3.05) is 32.8 Å². The molecule has 1 rings (SSSR count). The molecule has 1 aliphatic heterocycles. The molecule has 1 heterocycles. The van der Waals surface area contributed by atoms with Crippen molar-refractivity contribution >= 4 is 39.2 Å². The lowest BCUT2D eigenvalue weighted by Gasteiger charge is -2.26. The average molecular weight is 263 g/mol. The van der Waals surface area contributed by atoms with Crippen molar-refractivity contribution in [1.29, 1.82) is 0 Å². The van der Waals surface area contributed by atoms with Crippen LogP contribution in [0.15, 0.2) is 0 Å². The molecule has 0 bridgehead atoms.